The van der Waals surface area contributed by atoms with E-state index in [2.05, 4.69) is 22.2 Å². The summed E-state index contributed by atoms with van der Waals surface area (Å²) in [6.45, 7) is 4.29. The molecule has 3 rings (SSSR count). The van der Waals surface area contributed by atoms with Gasteiger partial charge >= 0.3 is 0 Å². The Bertz CT molecular complexity index is 586. The number of rotatable bonds is 4. The lowest BCUT2D eigenvalue weighted by Crippen LogP contribution is -2.44. The molecule has 20 heavy (non-hydrogen) atoms. The van der Waals surface area contributed by atoms with E-state index >= 15 is 0 Å². The van der Waals surface area contributed by atoms with Crippen LogP contribution in [0.2, 0.25) is 5.15 Å². The molecule has 0 radical (unpaired) electrons. The number of imidazole rings is 1. The van der Waals surface area contributed by atoms with Crippen LogP contribution in [0.4, 0.5) is 0 Å². The number of morpholine rings is 1. The lowest BCUT2D eigenvalue weighted by molar-refractivity contribution is -0.0182. The van der Waals surface area contributed by atoms with Crippen molar-refractivity contribution in [3.05, 3.63) is 35.2 Å². The first kappa shape index (κ1) is 13.8. The van der Waals surface area contributed by atoms with Crippen LogP contribution in [-0.4, -0.2) is 53.7 Å². The topological polar surface area (TPSA) is 41.8 Å². The van der Waals surface area contributed by atoms with Crippen LogP contribution < -0.4 is 5.32 Å². The average Bonchev–Trinajstić information content (AvgIpc) is 2.75. The highest BCUT2D eigenvalue weighted by Crippen LogP contribution is 2.17. The number of ether oxygens (including phenoxy) is 1. The summed E-state index contributed by atoms with van der Waals surface area (Å²) in [7, 11) is 2.12. The Morgan fingerprint density at radius 1 is 1.50 bits per heavy atom. The van der Waals surface area contributed by atoms with Gasteiger partial charge in [-0.2, -0.15) is 0 Å². The molecule has 1 N–H and O–H groups in total. The van der Waals surface area contributed by atoms with E-state index in [1.54, 1.807) is 0 Å². The third-order valence-electron chi connectivity index (χ3n) is 3.59. The molecule has 6 heteroatoms. The van der Waals surface area contributed by atoms with Crippen molar-refractivity contribution in [1.82, 2.24) is 19.6 Å². The van der Waals surface area contributed by atoms with Gasteiger partial charge in [0.05, 0.1) is 18.4 Å². The van der Waals surface area contributed by atoms with Crippen molar-refractivity contribution in [2.45, 2.75) is 12.6 Å². The number of nitrogens with one attached hydrogen (secondary N) is 1. The molecule has 0 saturated carbocycles. The van der Waals surface area contributed by atoms with Crippen molar-refractivity contribution in [1.29, 1.82) is 0 Å². The molecule has 5 nitrogen and oxygen atoms in total. The molecular weight excluding hydrogens is 276 g/mol. The van der Waals surface area contributed by atoms with Gasteiger partial charge in [-0.1, -0.05) is 17.7 Å². The van der Waals surface area contributed by atoms with E-state index in [-0.39, 0.29) is 6.10 Å². The minimum Gasteiger partial charge on any atom is -0.374 e. The molecule has 2 aromatic rings. The second-order valence-corrected chi connectivity index (χ2v) is 5.52. The summed E-state index contributed by atoms with van der Waals surface area (Å²) in [6.07, 6.45) is 2.22. The molecule has 0 aromatic carbocycles. The van der Waals surface area contributed by atoms with Gasteiger partial charge in [0.15, 0.2) is 5.15 Å². The zero-order valence-electron chi connectivity index (χ0n) is 11.6. The molecule has 0 amide bonds. The number of halogens is 1. The first-order chi connectivity index (χ1) is 9.74. The predicted octanol–water partition coefficient (Wildman–Crippen LogP) is 1.41. The van der Waals surface area contributed by atoms with E-state index in [1.165, 1.54) is 0 Å². The van der Waals surface area contributed by atoms with Crippen LogP contribution in [0.15, 0.2) is 24.4 Å². The molecule has 1 saturated heterocycles. The molecule has 3 heterocycles. The lowest BCUT2D eigenvalue weighted by atomic mass is 10.3. The number of likely N-dealkylation sites (N-methyl/N-ethyl adjacent to an activating group) is 1. The van der Waals surface area contributed by atoms with Crippen LogP contribution >= 0.6 is 11.6 Å². The van der Waals surface area contributed by atoms with Crippen LogP contribution in [0.1, 0.15) is 5.69 Å². The fourth-order valence-electron chi connectivity index (χ4n) is 2.52. The Morgan fingerprint density at radius 3 is 3.25 bits per heavy atom. The molecule has 1 aliphatic heterocycles. The Hall–Kier alpha value is -1.14. The molecular formula is C14H19ClN4O. The molecule has 0 aliphatic carbocycles. The highest BCUT2D eigenvalue weighted by atomic mass is 35.5. The van der Waals surface area contributed by atoms with Gasteiger partial charge in [-0.15, -0.1) is 0 Å². The minimum atomic E-state index is 0.242. The van der Waals surface area contributed by atoms with Gasteiger partial charge in [0.25, 0.3) is 0 Å². The van der Waals surface area contributed by atoms with Crippen LogP contribution in [-0.2, 0) is 11.3 Å². The van der Waals surface area contributed by atoms with Crippen LogP contribution in [0.3, 0.4) is 0 Å². The van der Waals surface area contributed by atoms with Crippen molar-refractivity contribution >= 4 is 17.2 Å². The standard InChI is InChI=1S/C14H19ClN4O/c1-18-6-7-20-11(10-18)8-16-9-12-14(15)17-13-4-2-3-5-19(12)13/h2-5,11,16H,6-10H2,1H3/t11-/m0/s1. The van der Waals surface area contributed by atoms with Crippen molar-refractivity contribution < 1.29 is 4.74 Å². The predicted molar refractivity (Wildman–Crippen MR) is 79.1 cm³/mol. The van der Waals surface area contributed by atoms with E-state index in [0.29, 0.717) is 11.7 Å². The summed E-state index contributed by atoms with van der Waals surface area (Å²) in [6, 6.07) is 5.89. The number of nitrogens with zero attached hydrogens (tertiary/aromatic N) is 3. The minimum absolute atomic E-state index is 0.242. The number of aromatic nitrogens is 2. The van der Waals surface area contributed by atoms with Crippen molar-refractivity contribution in [2.24, 2.45) is 0 Å². The van der Waals surface area contributed by atoms with Gasteiger partial charge in [0, 0.05) is 32.4 Å². The fraction of sp³-hybridized carbons (Fsp3) is 0.500. The SMILES string of the molecule is CN1CCO[C@@H](CNCc2c(Cl)nc3ccccn23)C1. The zero-order chi connectivity index (χ0) is 13.9. The maximum atomic E-state index is 6.20. The molecule has 0 spiro atoms. The summed E-state index contributed by atoms with van der Waals surface area (Å²) in [5.74, 6) is 0. The summed E-state index contributed by atoms with van der Waals surface area (Å²) >= 11 is 6.20. The normalized spacial score (nSPS) is 20.6. The Balaban J connectivity index is 1.61. The van der Waals surface area contributed by atoms with Crippen molar-refractivity contribution in [3.8, 4) is 0 Å². The molecule has 0 bridgehead atoms. The van der Waals surface area contributed by atoms with E-state index in [9.17, 15) is 0 Å². The van der Waals surface area contributed by atoms with Gasteiger partial charge in [-0.25, -0.2) is 4.98 Å². The molecule has 1 aliphatic rings. The quantitative estimate of drug-likeness (QED) is 0.926. The van der Waals surface area contributed by atoms with E-state index in [0.717, 1.165) is 37.6 Å². The Morgan fingerprint density at radius 2 is 2.40 bits per heavy atom. The number of pyridine rings is 1. The molecule has 1 fully saturated rings. The van der Waals surface area contributed by atoms with Gasteiger partial charge in [0.1, 0.15) is 5.65 Å². The molecule has 1 atom stereocenters. The number of hydrogen-bond donors (Lipinski definition) is 1. The monoisotopic (exact) mass is 294 g/mol. The molecule has 2 aromatic heterocycles. The van der Waals surface area contributed by atoms with Crippen LogP contribution in [0, 0.1) is 0 Å². The van der Waals surface area contributed by atoms with Gasteiger partial charge < -0.3 is 19.4 Å². The second kappa shape index (κ2) is 6.10. The third kappa shape index (κ3) is 2.96. The van der Waals surface area contributed by atoms with Gasteiger partial charge in [-0.05, 0) is 19.2 Å². The molecule has 0 unspecified atom stereocenters. The van der Waals surface area contributed by atoms with E-state index in [4.69, 9.17) is 16.3 Å². The van der Waals surface area contributed by atoms with Crippen molar-refractivity contribution in [2.75, 3.05) is 33.3 Å². The second-order valence-electron chi connectivity index (χ2n) is 5.16. The highest BCUT2D eigenvalue weighted by molar-refractivity contribution is 6.30. The lowest BCUT2D eigenvalue weighted by Gasteiger charge is -2.30. The Kier molecular flexibility index (Phi) is 4.21. The first-order valence-corrected chi connectivity index (χ1v) is 7.24. The molecule has 108 valence electrons. The van der Waals surface area contributed by atoms with Gasteiger partial charge in [-0.3, -0.25) is 0 Å². The number of fused-ring (bicyclic) bond motifs is 1. The largest absolute Gasteiger partial charge is 0.374 e. The zero-order valence-corrected chi connectivity index (χ0v) is 12.3. The average molecular weight is 295 g/mol. The Labute approximate surface area is 123 Å². The fourth-order valence-corrected chi connectivity index (χ4v) is 2.76. The summed E-state index contributed by atoms with van der Waals surface area (Å²) in [4.78, 5) is 6.63. The van der Waals surface area contributed by atoms with Crippen molar-refractivity contribution in [3.63, 3.8) is 0 Å². The first-order valence-electron chi connectivity index (χ1n) is 6.86. The smallest absolute Gasteiger partial charge is 0.152 e. The summed E-state index contributed by atoms with van der Waals surface area (Å²) < 4.78 is 7.74. The number of hydrogen-bond acceptors (Lipinski definition) is 4. The van der Waals surface area contributed by atoms with E-state index in [1.807, 2.05) is 28.8 Å². The highest BCUT2D eigenvalue weighted by Gasteiger charge is 2.17. The van der Waals surface area contributed by atoms with E-state index < -0.39 is 0 Å². The summed E-state index contributed by atoms with van der Waals surface area (Å²) in [5.41, 5.74) is 1.87. The maximum absolute atomic E-state index is 6.20. The van der Waals surface area contributed by atoms with Gasteiger partial charge in [0.2, 0.25) is 0 Å². The van der Waals surface area contributed by atoms with Crippen LogP contribution in [0.5, 0.6) is 0 Å². The summed E-state index contributed by atoms with van der Waals surface area (Å²) in [5, 5.41) is 3.97. The van der Waals surface area contributed by atoms with Crippen LogP contribution in [0.25, 0.3) is 5.65 Å². The maximum Gasteiger partial charge on any atom is 0.152 e. The third-order valence-corrected chi connectivity index (χ3v) is 3.89.